The van der Waals surface area contributed by atoms with E-state index in [1.54, 1.807) is 12.1 Å². The van der Waals surface area contributed by atoms with Gasteiger partial charge in [-0.25, -0.2) is 0 Å². The van der Waals surface area contributed by atoms with Crippen molar-refractivity contribution in [2.75, 3.05) is 5.73 Å². The normalized spacial score (nSPS) is 18.2. The monoisotopic (exact) mass is 260 g/mol. The van der Waals surface area contributed by atoms with Crippen LogP contribution in [0.25, 0.3) is 0 Å². The van der Waals surface area contributed by atoms with Gasteiger partial charge in [0.2, 0.25) is 0 Å². The Morgan fingerprint density at radius 2 is 1.89 bits per heavy atom. The van der Waals surface area contributed by atoms with Gasteiger partial charge in [0.25, 0.3) is 0 Å². The van der Waals surface area contributed by atoms with Crippen LogP contribution in [0, 0.1) is 0 Å². The van der Waals surface area contributed by atoms with E-state index in [1.807, 2.05) is 12.1 Å². The van der Waals surface area contributed by atoms with E-state index < -0.39 is 0 Å². The molecule has 1 aromatic rings. The van der Waals surface area contributed by atoms with Crippen LogP contribution in [-0.4, -0.2) is 17.9 Å². The molecule has 104 valence electrons. The van der Waals surface area contributed by atoms with Crippen molar-refractivity contribution in [3.05, 3.63) is 29.8 Å². The predicted octanol–water partition coefficient (Wildman–Crippen LogP) is 3.15. The molecule has 0 heterocycles. The maximum atomic E-state index is 12.5. The van der Waals surface area contributed by atoms with E-state index in [9.17, 15) is 4.79 Å². The summed E-state index contributed by atoms with van der Waals surface area (Å²) in [5, 5.41) is 3.54. The molecular formula is C16H24N2O. The Balaban J connectivity index is 1.99. The molecule has 1 unspecified atom stereocenters. The second-order valence-electron chi connectivity index (χ2n) is 5.45. The Morgan fingerprint density at radius 1 is 1.26 bits per heavy atom. The minimum atomic E-state index is -0.0632. The number of hydrogen-bond donors (Lipinski definition) is 2. The van der Waals surface area contributed by atoms with Gasteiger partial charge in [-0.2, -0.15) is 0 Å². The Bertz CT molecular complexity index is 407. The standard InChI is InChI=1S/C16H24N2O/c1-2-15(18-14-6-4-3-5-7-14)16(19)12-8-10-13(17)11-9-12/h8-11,14-15,18H,2-7,17H2,1H3. The molecule has 3 nitrogen and oxygen atoms in total. The van der Waals surface area contributed by atoms with Crippen molar-refractivity contribution in [3.8, 4) is 0 Å². The van der Waals surface area contributed by atoms with Crippen LogP contribution in [0.1, 0.15) is 55.8 Å². The van der Waals surface area contributed by atoms with Gasteiger partial charge in [-0.1, -0.05) is 26.2 Å². The van der Waals surface area contributed by atoms with Crippen LogP contribution < -0.4 is 11.1 Å². The van der Waals surface area contributed by atoms with Crippen LogP contribution in [0.2, 0.25) is 0 Å². The molecule has 1 fully saturated rings. The number of nitrogens with two attached hydrogens (primary N) is 1. The van der Waals surface area contributed by atoms with Crippen LogP contribution in [-0.2, 0) is 0 Å². The van der Waals surface area contributed by atoms with Gasteiger partial charge in [-0.05, 0) is 43.5 Å². The fraction of sp³-hybridized carbons (Fsp3) is 0.562. The highest BCUT2D eigenvalue weighted by atomic mass is 16.1. The highest BCUT2D eigenvalue weighted by molar-refractivity contribution is 6.00. The molecule has 1 aliphatic carbocycles. The van der Waals surface area contributed by atoms with E-state index in [0.717, 1.165) is 12.0 Å². The van der Waals surface area contributed by atoms with Gasteiger partial charge in [-0.3, -0.25) is 4.79 Å². The number of anilines is 1. The SMILES string of the molecule is CCC(NC1CCCCC1)C(=O)c1ccc(N)cc1. The fourth-order valence-electron chi connectivity index (χ4n) is 2.78. The van der Waals surface area contributed by atoms with E-state index >= 15 is 0 Å². The summed E-state index contributed by atoms with van der Waals surface area (Å²) in [6.45, 7) is 2.07. The Morgan fingerprint density at radius 3 is 2.47 bits per heavy atom. The van der Waals surface area contributed by atoms with E-state index in [4.69, 9.17) is 5.73 Å². The Labute approximate surface area is 115 Å². The van der Waals surface area contributed by atoms with Crippen LogP contribution in [0.3, 0.4) is 0 Å². The van der Waals surface area contributed by atoms with Gasteiger partial charge in [-0.15, -0.1) is 0 Å². The van der Waals surface area contributed by atoms with Gasteiger partial charge in [0.1, 0.15) is 0 Å². The molecule has 19 heavy (non-hydrogen) atoms. The van der Waals surface area contributed by atoms with Crippen molar-refractivity contribution in [3.63, 3.8) is 0 Å². The summed E-state index contributed by atoms with van der Waals surface area (Å²) in [5.41, 5.74) is 7.11. The lowest BCUT2D eigenvalue weighted by molar-refractivity contribution is 0.0928. The summed E-state index contributed by atoms with van der Waals surface area (Å²) in [5.74, 6) is 0.188. The first-order valence-corrected chi connectivity index (χ1v) is 7.36. The third-order valence-corrected chi connectivity index (χ3v) is 3.96. The lowest BCUT2D eigenvalue weighted by Crippen LogP contribution is -2.43. The van der Waals surface area contributed by atoms with Gasteiger partial charge >= 0.3 is 0 Å². The lowest BCUT2D eigenvalue weighted by atomic mass is 9.93. The molecule has 0 bridgehead atoms. The predicted molar refractivity (Wildman–Crippen MR) is 79.3 cm³/mol. The molecule has 1 aliphatic rings. The molecule has 1 saturated carbocycles. The minimum absolute atomic E-state index is 0.0632. The summed E-state index contributed by atoms with van der Waals surface area (Å²) in [7, 11) is 0. The zero-order valence-corrected chi connectivity index (χ0v) is 11.7. The number of carbonyl (C=O) groups excluding carboxylic acids is 1. The maximum absolute atomic E-state index is 12.5. The quantitative estimate of drug-likeness (QED) is 0.631. The minimum Gasteiger partial charge on any atom is -0.399 e. The van der Waals surface area contributed by atoms with Crippen molar-refractivity contribution < 1.29 is 4.79 Å². The Kier molecular flexibility index (Phi) is 4.97. The third kappa shape index (κ3) is 3.80. The molecule has 0 amide bonds. The van der Waals surface area contributed by atoms with Crippen molar-refractivity contribution in [1.82, 2.24) is 5.32 Å². The Hall–Kier alpha value is -1.35. The number of carbonyl (C=O) groups is 1. The number of nitrogen functional groups attached to an aromatic ring is 1. The molecule has 1 atom stereocenters. The molecule has 3 N–H and O–H groups in total. The number of hydrogen-bond acceptors (Lipinski definition) is 3. The zero-order valence-electron chi connectivity index (χ0n) is 11.7. The topological polar surface area (TPSA) is 55.1 Å². The fourth-order valence-corrected chi connectivity index (χ4v) is 2.78. The number of ketones is 1. The second-order valence-corrected chi connectivity index (χ2v) is 5.45. The maximum Gasteiger partial charge on any atom is 0.179 e. The molecular weight excluding hydrogens is 236 g/mol. The van der Waals surface area contributed by atoms with Crippen molar-refractivity contribution in [1.29, 1.82) is 0 Å². The number of nitrogens with one attached hydrogen (secondary N) is 1. The molecule has 0 aliphatic heterocycles. The average molecular weight is 260 g/mol. The van der Waals surface area contributed by atoms with Crippen molar-refractivity contribution in [2.24, 2.45) is 0 Å². The smallest absolute Gasteiger partial charge is 0.179 e. The molecule has 2 rings (SSSR count). The zero-order chi connectivity index (χ0) is 13.7. The summed E-state index contributed by atoms with van der Waals surface area (Å²) in [6.07, 6.45) is 7.13. The summed E-state index contributed by atoms with van der Waals surface area (Å²) in [4.78, 5) is 12.5. The molecule has 0 spiro atoms. The second kappa shape index (κ2) is 6.71. The van der Waals surface area contributed by atoms with E-state index in [-0.39, 0.29) is 11.8 Å². The summed E-state index contributed by atoms with van der Waals surface area (Å²) >= 11 is 0. The number of benzene rings is 1. The molecule has 3 heteroatoms. The van der Waals surface area contributed by atoms with Crippen LogP contribution in [0.15, 0.2) is 24.3 Å². The highest BCUT2D eigenvalue weighted by Gasteiger charge is 2.22. The van der Waals surface area contributed by atoms with E-state index in [1.165, 1.54) is 32.1 Å². The van der Waals surface area contributed by atoms with Gasteiger partial charge < -0.3 is 11.1 Å². The van der Waals surface area contributed by atoms with Gasteiger partial charge in [0.05, 0.1) is 6.04 Å². The first-order chi connectivity index (χ1) is 9.20. The van der Waals surface area contributed by atoms with Crippen LogP contribution in [0.4, 0.5) is 5.69 Å². The number of rotatable bonds is 5. The van der Waals surface area contributed by atoms with Crippen molar-refractivity contribution in [2.45, 2.75) is 57.5 Å². The molecule has 0 aromatic heterocycles. The largest absolute Gasteiger partial charge is 0.399 e. The van der Waals surface area contributed by atoms with E-state index in [0.29, 0.717) is 11.7 Å². The molecule has 0 radical (unpaired) electrons. The first kappa shape index (κ1) is 14.1. The molecule has 0 saturated heterocycles. The van der Waals surface area contributed by atoms with Crippen LogP contribution in [0.5, 0.6) is 0 Å². The summed E-state index contributed by atoms with van der Waals surface area (Å²) in [6, 6.07) is 7.68. The van der Waals surface area contributed by atoms with E-state index in [2.05, 4.69) is 12.2 Å². The first-order valence-electron chi connectivity index (χ1n) is 7.36. The highest BCUT2D eigenvalue weighted by Crippen LogP contribution is 2.19. The summed E-state index contributed by atoms with van der Waals surface area (Å²) < 4.78 is 0. The average Bonchev–Trinajstić information content (AvgIpc) is 2.46. The van der Waals surface area contributed by atoms with Gasteiger partial charge in [0.15, 0.2) is 5.78 Å². The third-order valence-electron chi connectivity index (χ3n) is 3.96. The van der Waals surface area contributed by atoms with Gasteiger partial charge in [0, 0.05) is 17.3 Å². The number of Topliss-reactive ketones (excluding diaryl/α,β-unsaturated/α-hetero) is 1. The van der Waals surface area contributed by atoms with Crippen LogP contribution >= 0.6 is 0 Å². The lowest BCUT2D eigenvalue weighted by Gasteiger charge is -2.27. The van der Waals surface area contributed by atoms with Crippen molar-refractivity contribution >= 4 is 11.5 Å². The molecule has 1 aromatic carbocycles.